The highest BCUT2D eigenvalue weighted by atomic mass is 35.5. The number of rotatable bonds is 1. The molecule has 15 heavy (non-hydrogen) atoms. The Labute approximate surface area is 88.7 Å². The summed E-state index contributed by atoms with van der Waals surface area (Å²) >= 11 is 5.68. The van der Waals surface area contributed by atoms with Gasteiger partial charge in [-0.3, -0.25) is 4.79 Å². The molecule has 0 spiro atoms. The molecule has 6 heteroatoms. The van der Waals surface area contributed by atoms with Crippen LogP contribution in [0.1, 0.15) is 10.5 Å². The average Bonchev–Trinajstić information content (AvgIpc) is 2.23. The van der Waals surface area contributed by atoms with Crippen LogP contribution in [-0.4, -0.2) is 11.0 Å². The topological polar surface area (TPSA) is 68.0 Å². The molecule has 0 unspecified atom stereocenters. The van der Waals surface area contributed by atoms with E-state index in [-0.39, 0.29) is 16.7 Å². The summed E-state index contributed by atoms with van der Waals surface area (Å²) in [6, 6.07) is 4.24. The first-order valence-electron chi connectivity index (χ1n) is 4.03. The third-order valence-corrected chi connectivity index (χ3v) is 2.23. The number of fused-ring (bicyclic) bond motifs is 1. The van der Waals surface area contributed by atoms with E-state index in [0.717, 1.165) is 6.20 Å². The number of halogens is 1. The molecule has 0 aliphatic heterocycles. The van der Waals surface area contributed by atoms with E-state index in [4.69, 9.17) is 11.6 Å². The Hall–Kier alpha value is -1.88. The van der Waals surface area contributed by atoms with E-state index in [2.05, 4.69) is 0 Å². The van der Waals surface area contributed by atoms with E-state index in [1.165, 1.54) is 18.2 Å². The van der Waals surface area contributed by atoms with Crippen molar-refractivity contribution < 1.29 is 9.22 Å². The monoisotopic (exact) mass is 224 g/mol. The second-order valence-electron chi connectivity index (χ2n) is 2.93. The van der Waals surface area contributed by atoms with Crippen LogP contribution in [0.25, 0.3) is 11.0 Å². The quantitative estimate of drug-likeness (QED) is 0.543. The van der Waals surface area contributed by atoms with Gasteiger partial charge in [0.2, 0.25) is 0 Å². The Morgan fingerprint density at radius 3 is 2.87 bits per heavy atom. The van der Waals surface area contributed by atoms with Crippen LogP contribution in [0.3, 0.4) is 0 Å². The number of carbonyl (C=O) groups excluding carboxylic acids is 1. The molecule has 0 atom stereocenters. The van der Waals surface area contributed by atoms with Crippen LogP contribution in [-0.2, 0) is 0 Å². The molecule has 0 saturated heterocycles. The number of aldehydes is 1. The fourth-order valence-corrected chi connectivity index (χ4v) is 1.47. The van der Waals surface area contributed by atoms with Crippen LogP contribution in [0.15, 0.2) is 24.4 Å². The zero-order valence-corrected chi connectivity index (χ0v) is 8.14. The lowest BCUT2D eigenvalue weighted by Gasteiger charge is -2.12. The molecule has 5 nitrogen and oxygen atoms in total. The lowest BCUT2D eigenvalue weighted by Crippen LogP contribution is -2.19. The first-order chi connectivity index (χ1) is 7.13. The predicted molar refractivity (Wildman–Crippen MR) is 54.5 cm³/mol. The Kier molecular flexibility index (Phi) is 2.17. The lowest BCUT2D eigenvalue weighted by molar-refractivity contribution is -0.464. The van der Waals surface area contributed by atoms with Gasteiger partial charge in [0, 0.05) is 16.0 Å². The van der Waals surface area contributed by atoms with Crippen molar-refractivity contribution in [2.75, 3.05) is 0 Å². The fourth-order valence-electron chi connectivity index (χ4n) is 1.30. The number of aromatic nitrogens is 2. The molecule has 2 rings (SSSR count). The van der Waals surface area contributed by atoms with Crippen LogP contribution in [0.2, 0.25) is 5.02 Å². The van der Waals surface area contributed by atoms with Gasteiger partial charge in [-0.2, -0.15) is 0 Å². The first kappa shape index (κ1) is 9.67. The van der Waals surface area contributed by atoms with Crippen LogP contribution in [0.4, 0.5) is 0 Å². The van der Waals surface area contributed by atoms with Crippen molar-refractivity contribution in [2.24, 2.45) is 0 Å². The van der Waals surface area contributed by atoms with E-state index >= 15 is 0 Å². The molecule has 0 aliphatic carbocycles. The Morgan fingerprint density at radius 2 is 2.20 bits per heavy atom. The standard InChI is InChI=1S/C9H5ClN2O3/c10-6-1-2-8-9(3-6)11(14)4-7(5-13)12(8)15/h1-5H. The molecule has 1 heterocycles. The van der Waals surface area contributed by atoms with Gasteiger partial charge in [-0.05, 0) is 12.1 Å². The van der Waals surface area contributed by atoms with E-state index in [0.29, 0.717) is 20.5 Å². The summed E-state index contributed by atoms with van der Waals surface area (Å²) in [6.07, 6.45) is 1.24. The molecule has 76 valence electrons. The van der Waals surface area contributed by atoms with E-state index < -0.39 is 0 Å². The highest BCUT2D eigenvalue weighted by Crippen LogP contribution is 2.16. The van der Waals surface area contributed by atoms with E-state index in [9.17, 15) is 14.9 Å². The number of benzene rings is 1. The van der Waals surface area contributed by atoms with Gasteiger partial charge in [0.05, 0.1) is 4.43 Å². The molecule has 0 saturated carbocycles. The predicted octanol–water partition coefficient (Wildman–Crippen LogP) is 1.37. The van der Waals surface area contributed by atoms with Crippen molar-refractivity contribution in [1.82, 2.24) is 4.73 Å². The first-order valence-corrected chi connectivity index (χ1v) is 4.41. The summed E-state index contributed by atoms with van der Waals surface area (Å²) in [5.41, 5.74) is 0.00178. The van der Waals surface area contributed by atoms with Crippen molar-refractivity contribution in [3.8, 4) is 0 Å². The highest BCUT2D eigenvalue weighted by Gasteiger charge is 2.11. The molecule has 1 aromatic carbocycles. The molecule has 0 aliphatic rings. The molecule has 0 fully saturated rings. The van der Waals surface area contributed by atoms with Gasteiger partial charge in [-0.25, -0.2) is 0 Å². The normalized spacial score (nSPS) is 10.5. The second-order valence-corrected chi connectivity index (χ2v) is 3.36. The van der Waals surface area contributed by atoms with Crippen molar-refractivity contribution in [3.63, 3.8) is 0 Å². The maximum absolute atomic E-state index is 11.5. The summed E-state index contributed by atoms with van der Waals surface area (Å²) < 4.78 is 0.840. The lowest BCUT2D eigenvalue weighted by atomic mass is 10.3. The SMILES string of the molecule is O=Cc1c[n+](=O)c2cc(Cl)ccc2n1[O-]. The number of carbonyl (C=O) groups is 1. The maximum Gasteiger partial charge on any atom is 0.287 e. The minimum Gasteiger partial charge on any atom is -0.805 e. The van der Waals surface area contributed by atoms with Crippen molar-refractivity contribution in [3.05, 3.63) is 45.2 Å². The Morgan fingerprint density at radius 1 is 1.47 bits per heavy atom. The Balaban J connectivity index is 2.99. The summed E-state index contributed by atoms with van der Waals surface area (Å²) in [6.45, 7) is 0. The molecule has 0 amide bonds. The van der Waals surface area contributed by atoms with Crippen LogP contribution < -0.4 is 4.43 Å². The summed E-state index contributed by atoms with van der Waals surface area (Å²) in [5, 5.41) is 11.9. The third-order valence-electron chi connectivity index (χ3n) is 2.00. The molecule has 0 N–H and O–H groups in total. The maximum atomic E-state index is 11.5. The Bertz CT molecular complexity index is 606. The van der Waals surface area contributed by atoms with Gasteiger partial charge in [0.15, 0.2) is 6.29 Å². The summed E-state index contributed by atoms with van der Waals surface area (Å²) in [5.74, 6) is 0. The number of hydrogen-bond donors (Lipinski definition) is 0. The minimum atomic E-state index is -0.236. The summed E-state index contributed by atoms with van der Waals surface area (Å²) in [4.78, 5) is 21.9. The van der Waals surface area contributed by atoms with Gasteiger partial charge in [0.25, 0.3) is 11.7 Å². The van der Waals surface area contributed by atoms with Gasteiger partial charge in [0.1, 0.15) is 11.2 Å². The van der Waals surface area contributed by atoms with Gasteiger partial charge >= 0.3 is 0 Å². The van der Waals surface area contributed by atoms with Crippen molar-refractivity contribution in [2.45, 2.75) is 0 Å². The van der Waals surface area contributed by atoms with Crippen molar-refractivity contribution >= 4 is 28.9 Å². The molecular formula is C9H5ClN2O3. The summed E-state index contributed by atoms with van der Waals surface area (Å²) in [7, 11) is 0. The molecule has 0 bridgehead atoms. The van der Waals surface area contributed by atoms with E-state index in [1.54, 1.807) is 0 Å². The van der Waals surface area contributed by atoms with Crippen LogP contribution >= 0.6 is 11.6 Å². The zero-order valence-electron chi connectivity index (χ0n) is 7.38. The van der Waals surface area contributed by atoms with Gasteiger partial charge in [-0.15, -0.1) is 0 Å². The molecule has 1 aromatic heterocycles. The number of hydrogen-bond acceptors (Lipinski definition) is 3. The van der Waals surface area contributed by atoms with Crippen LogP contribution in [0.5, 0.6) is 0 Å². The molecular weight excluding hydrogens is 220 g/mol. The third kappa shape index (κ3) is 1.46. The molecule has 2 aromatic rings. The van der Waals surface area contributed by atoms with Crippen LogP contribution in [0, 0.1) is 10.1 Å². The largest absolute Gasteiger partial charge is 0.805 e. The fraction of sp³-hybridized carbons (Fsp3) is 0. The highest BCUT2D eigenvalue weighted by molar-refractivity contribution is 6.31. The van der Waals surface area contributed by atoms with Crippen molar-refractivity contribution in [1.29, 1.82) is 0 Å². The average molecular weight is 225 g/mol. The zero-order chi connectivity index (χ0) is 11.0. The second kappa shape index (κ2) is 3.36. The molecule has 0 radical (unpaired) electrons. The minimum absolute atomic E-state index is 0.110. The number of nitrogens with zero attached hydrogens (tertiary/aromatic N) is 2. The smallest absolute Gasteiger partial charge is 0.287 e. The van der Waals surface area contributed by atoms with Gasteiger partial charge in [-0.1, -0.05) is 11.6 Å². The van der Waals surface area contributed by atoms with E-state index in [1.807, 2.05) is 0 Å². The van der Waals surface area contributed by atoms with Gasteiger partial charge < -0.3 is 9.94 Å².